The molecule has 3 rings (SSSR count). The summed E-state index contributed by atoms with van der Waals surface area (Å²) in [6, 6.07) is 11.7. The third-order valence-corrected chi connectivity index (χ3v) is 4.83. The first kappa shape index (κ1) is 25.9. The lowest BCUT2D eigenvalue weighted by Gasteiger charge is -2.31. The van der Waals surface area contributed by atoms with E-state index in [1.165, 1.54) is 37.3 Å². The highest BCUT2D eigenvalue weighted by Gasteiger charge is 2.34. The molecule has 13 heteroatoms. The second kappa shape index (κ2) is 10.7. The van der Waals surface area contributed by atoms with Crippen LogP contribution in [0.15, 0.2) is 54.9 Å². The molecule has 0 bridgehead atoms. The minimum Gasteiger partial charge on any atom is -0.466 e. The number of benzene rings is 2. The van der Waals surface area contributed by atoms with E-state index in [1.54, 1.807) is 0 Å². The summed E-state index contributed by atoms with van der Waals surface area (Å²) in [7, 11) is 1.14. The second-order valence-corrected chi connectivity index (χ2v) is 7.22. The summed E-state index contributed by atoms with van der Waals surface area (Å²) < 4.78 is 45.9. The molecule has 0 spiro atoms. The number of amides is 2. The number of ether oxygens (including phenoxy) is 1. The Morgan fingerprint density at radius 2 is 1.83 bits per heavy atom. The Morgan fingerprint density at radius 3 is 2.44 bits per heavy atom. The van der Waals surface area contributed by atoms with Gasteiger partial charge in [0.15, 0.2) is 0 Å². The zero-order chi connectivity index (χ0) is 26.5. The van der Waals surface area contributed by atoms with Gasteiger partial charge in [0.05, 0.1) is 35.2 Å². The molecular formula is C23H19F3N6O4. The van der Waals surface area contributed by atoms with Crippen molar-refractivity contribution in [1.29, 1.82) is 5.26 Å². The molecule has 0 saturated carbocycles. The molecule has 0 fully saturated rings. The molecule has 2 aromatic carbocycles. The third-order valence-electron chi connectivity index (χ3n) is 4.83. The predicted octanol–water partition coefficient (Wildman–Crippen LogP) is 3.13. The minimum absolute atomic E-state index is 0.0157. The van der Waals surface area contributed by atoms with Crippen molar-refractivity contribution in [3.05, 3.63) is 71.8 Å². The van der Waals surface area contributed by atoms with Gasteiger partial charge in [-0.1, -0.05) is 6.07 Å². The second-order valence-electron chi connectivity index (χ2n) is 7.22. The first-order chi connectivity index (χ1) is 17.1. The zero-order valence-corrected chi connectivity index (χ0v) is 19.1. The quantitative estimate of drug-likeness (QED) is 0.290. The largest absolute Gasteiger partial charge is 0.466 e. The molecule has 0 N–H and O–H groups in total. The Labute approximate surface area is 203 Å². The number of aromatic nitrogens is 3. The van der Waals surface area contributed by atoms with Crippen molar-refractivity contribution < 1.29 is 32.3 Å². The van der Waals surface area contributed by atoms with Gasteiger partial charge in [0.2, 0.25) is 5.82 Å². The fraction of sp³-hybridized carbons (Fsp3) is 0.217. The molecule has 0 aliphatic rings. The number of alkyl halides is 3. The van der Waals surface area contributed by atoms with Gasteiger partial charge in [-0.3, -0.25) is 14.4 Å². The van der Waals surface area contributed by atoms with Crippen LogP contribution in [0.1, 0.15) is 35.1 Å². The number of anilines is 1. The van der Waals surface area contributed by atoms with Crippen molar-refractivity contribution in [3.8, 4) is 11.8 Å². The number of hydrogen-bond donors (Lipinski definition) is 0. The average Bonchev–Trinajstić information content (AvgIpc) is 3.33. The number of carbonyl (C=O) groups is 3. The summed E-state index contributed by atoms with van der Waals surface area (Å²) >= 11 is 0. The number of esters is 1. The molecular weight excluding hydrogens is 481 g/mol. The van der Waals surface area contributed by atoms with Crippen molar-refractivity contribution in [3.63, 3.8) is 0 Å². The highest BCUT2D eigenvalue weighted by Crippen LogP contribution is 2.32. The molecule has 0 unspecified atom stereocenters. The van der Waals surface area contributed by atoms with Crippen LogP contribution in [-0.2, 0) is 20.5 Å². The Morgan fingerprint density at radius 1 is 1.14 bits per heavy atom. The van der Waals surface area contributed by atoms with Crippen LogP contribution in [0.5, 0.6) is 0 Å². The summed E-state index contributed by atoms with van der Waals surface area (Å²) in [5.41, 5.74) is -0.634. The number of rotatable bonds is 6. The highest BCUT2D eigenvalue weighted by atomic mass is 19.4. The molecule has 2 amide bonds. The fourth-order valence-corrected chi connectivity index (χ4v) is 3.20. The van der Waals surface area contributed by atoms with Gasteiger partial charge in [0, 0.05) is 7.05 Å². The van der Waals surface area contributed by atoms with Crippen molar-refractivity contribution in [1.82, 2.24) is 19.8 Å². The lowest BCUT2D eigenvalue weighted by Crippen LogP contribution is -2.49. The standard InChI is InChI=1S/C23H19F3N6O4/c1-3-36-20(34)12-19(33)32(18-6-4-5-16(11-18)23(24,25)26)30(2)22(35)21-28-14-29-31(21)17-9-7-15(13-27)8-10-17/h4-11,14H,3,12H2,1-2H3. The molecule has 0 aliphatic heterocycles. The summed E-state index contributed by atoms with van der Waals surface area (Å²) in [4.78, 5) is 42.2. The molecule has 3 aromatic rings. The molecule has 1 aromatic heterocycles. The van der Waals surface area contributed by atoms with E-state index in [2.05, 4.69) is 10.1 Å². The summed E-state index contributed by atoms with van der Waals surface area (Å²) in [5, 5.41) is 14.3. The number of carbonyl (C=O) groups excluding carboxylic acids is 3. The first-order valence-electron chi connectivity index (χ1n) is 10.4. The molecule has 36 heavy (non-hydrogen) atoms. The van der Waals surface area contributed by atoms with E-state index in [0.29, 0.717) is 22.3 Å². The highest BCUT2D eigenvalue weighted by molar-refractivity contribution is 6.06. The molecule has 0 aliphatic carbocycles. The fourth-order valence-electron chi connectivity index (χ4n) is 3.20. The number of hydrazine groups is 1. The van der Waals surface area contributed by atoms with E-state index in [4.69, 9.17) is 10.00 Å². The van der Waals surface area contributed by atoms with Gasteiger partial charge >= 0.3 is 18.1 Å². The molecule has 0 radical (unpaired) electrons. The van der Waals surface area contributed by atoms with Crippen molar-refractivity contribution >= 4 is 23.5 Å². The van der Waals surface area contributed by atoms with Crippen LogP contribution in [0.4, 0.5) is 18.9 Å². The maximum Gasteiger partial charge on any atom is 0.416 e. The summed E-state index contributed by atoms with van der Waals surface area (Å²) in [6.07, 6.45) is -4.47. The van der Waals surface area contributed by atoms with Gasteiger partial charge in [-0.15, -0.1) is 0 Å². The zero-order valence-electron chi connectivity index (χ0n) is 19.1. The lowest BCUT2D eigenvalue weighted by molar-refractivity contribution is -0.146. The van der Waals surface area contributed by atoms with E-state index < -0.39 is 35.9 Å². The van der Waals surface area contributed by atoms with Crippen LogP contribution in [0.2, 0.25) is 0 Å². The van der Waals surface area contributed by atoms with Crippen LogP contribution < -0.4 is 5.01 Å². The van der Waals surface area contributed by atoms with Crippen LogP contribution >= 0.6 is 0 Å². The smallest absolute Gasteiger partial charge is 0.416 e. The van der Waals surface area contributed by atoms with E-state index >= 15 is 0 Å². The summed E-state index contributed by atoms with van der Waals surface area (Å²) in [6.45, 7) is 1.51. The molecule has 10 nitrogen and oxygen atoms in total. The molecule has 0 atom stereocenters. The number of halogens is 3. The normalized spacial score (nSPS) is 10.9. The third kappa shape index (κ3) is 5.66. The van der Waals surface area contributed by atoms with Gasteiger partial charge in [0.25, 0.3) is 5.91 Å². The van der Waals surface area contributed by atoms with Crippen molar-refractivity contribution in [2.75, 3.05) is 18.7 Å². The average molecular weight is 500 g/mol. The van der Waals surface area contributed by atoms with E-state index in [9.17, 15) is 27.6 Å². The molecule has 1 heterocycles. The number of nitrogens with zero attached hydrogens (tertiary/aromatic N) is 6. The Hall–Kier alpha value is -4.73. The van der Waals surface area contributed by atoms with Crippen LogP contribution in [0, 0.1) is 11.3 Å². The van der Waals surface area contributed by atoms with Gasteiger partial charge in [0.1, 0.15) is 12.7 Å². The lowest BCUT2D eigenvalue weighted by atomic mass is 10.2. The van der Waals surface area contributed by atoms with Gasteiger partial charge < -0.3 is 4.74 Å². The van der Waals surface area contributed by atoms with Gasteiger partial charge in [-0.2, -0.15) is 23.5 Å². The van der Waals surface area contributed by atoms with E-state index in [-0.39, 0.29) is 18.1 Å². The maximum atomic E-state index is 13.4. The predicted molar refractivity (Wildman–Crippen MR) is 118 cm³/mol. The maximum absolute atomic E-state index is 13.4. The van der Waals surface area contributed by atoms with Crippen molar-refractivity contribution in [2.45, 2.75) is 19.5 Å². The van der Waals surface area contributed by atoms with Crippen LogP contribution in [0.25, 0.3) is 5.69 Å². The number of hydrogen-bond acceptors (Lipinski definition) is 7. The summed E-state index contributed by atoms with van der Waals surface area (Å²) in [5.74, 6) is -3.11. The van der Waals surface area contributed by atoms with E-state index in [1.807, 2.05) is 6.07 Å². The van der Waals surface area contributed by atoms with Crippen molar-refractivity contribution in [2.24, 2.45) is 0 Å². The van der Waals surface area contributed by atoms with E-state index in [0.717, 1.165) is 35.2 Å². The Kier molecular flexibility index (Phi) is 7.68. The van der Waals surface area contributed by atoms with Crippen LogP contribution in [-0.4, -0.2) is 51.2 Å². The Balaban J connectivity index is 2.02. The molecule has 186 valence electrons. The van der Waals surface area contributed by atoms with Crippen LogP contribution in [0.3, 0.4) is 0 Å². The first-order valence-corrected chi connectivity index (χ1v) is 10.4. The number of nitriles is 1. The molecule has 0 saturated heterocycles. The SMILES string of the molecule is CCOC(=O)CC(=O)N(c1cccc(C(F)(F)F)c1)N(C)C(=O)c1ncnn1-c1ccc(C#N)cc1. The topological polar surface area (TPSA) is 121 Å². The van der Waals surface area contributed by atoms with Gasteiger partial charge in [-0.25, -0.2) is 19.7 Å². The monoisotopic (exact) mass is 500 g/mol. The Bertz CT molecular complexity index is 1310. The van der Waals surface area contributed by atoms with Gasteiger partial charge in [-0.05, 0) is 49.4 Å². The minimum atomic E-state index is -4.72.